The van der Waals surface area contributed by atoms with Crippen LogP contribution in [0.25, 0.3) is 0 Å². The summed E-state index contributed by atoms with van der Waals surface area (Å²) in [4.78, 5) is 49.9. The fourth-order valence-corrected chi connectivity index (χ4v) is 7.17. The first-order valence-electron chi connectivity index (χ1n) is 12.5. The van der Waals surface area contributed by atoms with Crippen molar-refractivity contribution < 1.29 is 33.7 Å². The van der Waals surface area contributed by atoms with E-state index in [4.69, 9.17) is 16.2 Å². The Hall–Kier alpha value is -2.06. The number of aliphatic carboxylic acids is 1. The van der Waals surface area contributed by atoms with Gasteiger partial charge in [-0.3, -0.25) is 14.2 Å². The average Bonchev–Trinajstić information content (AvgIpc) is 2.81. The van der Waals surface area contributed by atoms with Crippen LogP contribution in [0.2, 0.25) is 0 Å². The van der Waals surface area contributed by atoms with E-state index in [1.807, 2.05) is 44.2 Å². The number of esters is 1. The van der Waals surface area contributed by atoms with E-state index in [1.165, 1.54) is 13.8 Å². The number of carbonyl (C=O) groups is 3. The minimum atomic E-state index is -4.87. The first-order valence-corrected chi connectivity index (χ1v) is 14.2. The number of aryl methyl sites for hydroxylation is 1. The molecule has 1 aromatic rings. The molecule has 5 atom stereocenters. The molecular weight excluding hydrogens is 483 g/mol. The number of rotatable bonds is 16. The summed E-state index contributed by atoms with van der Waals surface area (Å²) in [5.41, 5.74) is 13.1. The second kappa shape index (κ2) is 13.5. The minimum Gasteiger partial charge on any atom is -0.480 e. The lowest BCUT2D eigenvalue weighted by Crippen LogP contribution is -2.57. The van der Waals surface area contributed by atoms with Gasteiger partial charge in [0.25, 0.3) is 0 Å². The fraction of sp³-hybridized carbons (Fsp3) is 0.654. The molecule has 1 aromatic carbocycles. The van der Waals surface area contributed by atoms with Gasteiger partial charge in [0.1, 0.15) is 17.0 Å². The lowest BCUT2D eigenvalue weighted by molar-refractivity contribution is -0.148. The lowest BCUT2D eigenvalue weighted by Gasteiger charge is -2.45. The standard InChI is InChI=1S/C26H43N2O7P/c1-6-15-26(28,24(32)35-17-18(2)3)36(33,34)25(5,19(4)16-21(27)23(30)31)22(29)14-10-13-20-11-8-7-9-12-20/h7-9,11-12,18-19,21H,6,10,13-17,27-28H2,1-5H3,(H,30,31)(H,33,34)/t19?,21-,25?,26?/m0/s1. The van der Waals surface area contributed by atoms with E-state index >= 15 is 0 Å². The maximum atomic E-state index is 14.3. The van der Waals surface area contributed by atoms with Crippen LogP contribution in [-0.4, -0.2) is 50.8 Å². The fourth-order valence-electron chi connectivity index (χ4n) is 4.34. The van der Waals surface area contributed by atoms with Crippen molar-refractivity contribution in [2.24, 2.45) is 23.3 Å². The molecule has 0 aliphatic rings. The third-order valence-electron chi connectivity index (χ3n) is 6.86. The van der Waals surface area contributed by atoms with Gasteiger partial charge in [-0.15, -0.1) is 0 Å². The second-order valence-electron chi connectivity index (χ2n) is 10.2. The van der Waals surface area contributed by atoms with Crippen LogP contribution in [0.15, 0.2) is 30.3 Å². The molecule has 0 aromatic heterocycles. The highest BCUT2D eigenvalue weighted by Gasteiger charge is 2.64. The molecule has 0 fully saturated rings. The molecule has 0 saturated heterocycles. The van der Waals surface area contributed by atoms with Gasteiger partial charge in [0.05, 0.1) is 6.61 Å². The molecule has 10 heteroatoms. The molecule has 0 radical (unpaired) electrons. The van der Waals surface area contributed by atoms with Gasteiger partial charge < -0.3 is 26.2 Å². The number of Topliss-reactive ketones (excluding diaryl/α,β-unsaturated/α-hetero) is 1. The van der Waals surface area contributed by atoms with Crippen molar-refractivity contribution in [2.75, 3.05) is 6.61 Å². The molecule has 6 N–H and O–H groups in total. The van der Waals surface area contributed by atoms with Crippen molar-refractivity contribution >= 4 is 25.1 Å². The van der Waals surface area contributed by atoms with E-state index in [-0.39, 0.29) is 31.8 Å². The SMILES string of the molecule is CCCC(N)(C(=O)OCC(C)C)P(=O)(O)C(C)(C(=O)CCCc1ccccc1)C(C)C[C@H](N)C(=O)O. The maximum Gasteiger partial charge on any atom is 0.336 e. The number of nitrogens with two attached hydrogens (primary N) is 2. The topological polar surface area (TPSA) is 170 Å². The molecule has 1 rings (SSSR count). The summed E-state index contributed by atoms with van der Waals surface area (Å²) in [5.74, 6) is -3.88. The summed E-state index contributed by atoms with van der Waals surface area (Å²) in [6.45, 7) is 8.17. The van der Waals surface area contributed by atoms with Crippen LogP contribution < -0.4 is 11.5 Å². The van der Waals surface area contributed by atoms with Crippen molar-refractivity contribution in [3.63, 3.8) is 0 Å². The van der Waals surface area contributed by atoms with E-state index in [9.17, 15) is 28.9 Å². The van der Waals surface area contributed by atoms with Crippen LogP contribution in [0, 0.1) is 11.8 Å². The van der Waals surface area contributed by atoms with E-state index in [2.05, 4.69) is 0 Å². The van der Waals surface area contributed by atoms with Crippen molar-refractivity contribution in [3.05, 3.63) is 35.9 Å². The molecule has 0 aliphatic carbocycles. The predicted molar refractivity (Wildman–Crippen MR) is 140 cm³/mol. The third-order valence-corrected chi connectivity index (χ3v) is 10.3. The number of carboxylic acids is 1. The number of hydrogen-bond acceptors (Lipinski definition) is 7. The number of ketones is 1. The Balaban J connectivity index is 3.44. The Labute approximate surface area is 214 Å². The molecule has 9 nitrogen and oxygen atoms in total. The molecule has 36 heavy (non-hydrogen) atoms. The molecular formula is C26H43N2O7P. The Morgan fingerprint density at radius 2 is 1.72 bits per heavy atom. The monoisotopic (exact) mass is 526 g/mol. The summed E-state index contributed by atoms with van der Waals surface area (Å²) in [5, 5.41) is 4.97. The van der Waals surface area contributed by atoms with Gasteiger partial charge in [-0.25, -0.2) is 4.79 Å². The van der Waals surface area contributed by atoms with Gasteiger partial charge in [-0.2, -0.15) is 0 Å². The zero-order chi connectivity index (χ0) is 27.7. The van der Waals surface area contributed by atoms with E-state index in [0.717, 1.165) is 5.56 Å². The predicted octanol–water partition coefficient (Wildman–Crippen LogP) is 3.70. The van der Waals surface area contributed by atoms with Crippen LogP contribution in [0.1, 0.15) is 72.3 Å². The molecule has 0 heterocycles. The zero-order valence-electron chi connectivity index (χ0n) is 22.1. The van der Waals surface area contributed by atoms with Crippen LogP contribution in [0.3, 0.4) is 0 Å². The maximum absolute atomic E-state index is 14.3. The third kappa shape index (κ3) is 7.25. The number of hydrogen-bond donors (Lipinski definition) is 4. The summed E-state index contributed by atoms with van der Waals surface area (Å²) in [7, 11) is -4.87. The smallest absolute Gasteiger partial charge is 0.336 e. The van der Waals surface area contributed by atoms with Crippen LogP contribution >= 0.6 is 7.37 Å². The number of ether oxygens (including phenoxy) is 1. The number of benzene rings is 1. The molecule has 0 amide bonds. The molecule has 0 bridgehead atoms. The van der Waals surface area contributed by atoms with E-state index in [0.29, 0.717) is 19.3 Å². The minimum absolute atomic E-state index is 0.00265. The number of carboxylic acid groups (broad SMARTS) is 1. The second-order valence-corrected chi connectivity index (χ2v) is 13.1. The summed E-state index contributed by atoms with van der Waals surface area (Å²) >= 11 is 0. The number of carbonyl (C=O) groups excluding carboxylic acids is 2. The Morgan fingerprint density at radius 3 is 2.22 bits per heavy atom. The highest BCUT2D eigenvalue weighted by molar-refractivity contribution is 7.63. The van der Waals surface area contributed by atoms with E-state index in [1.54, 1.807) is 6.92 Å². The normalized spacial score (nSPS) is 18.4. The Morgan fingerprint density at radius 1 is 1.14 bits per heavy atom. The molecule has 0 saturated carbocycles. The summed E-state index contributed by atoms with van der Waals surface area (Å²) in [6.07, 6.45) is 0.789. The molecule has 0 spiro atoms. The molecule has 0 aliphatic heterocycles. The Bertz CT molecular complexity index is 939. The van der Waals surface area contributed by atoms with Crippen molar-refractivity contribution in [1.82, 2.24) is 0 Å². The average molecular weight is 527 g/mol. The van der Waals surface area contributed by atoms with Crippen LogP contribution in [-0.2, 0) is 30.1 Å². The lowest BCUT2D eigenvalue weighted by atomic mass is 9.84. The van der Waals surface area contributed by atoms with E-state index < -0.39 is 47.5 Å². The van der Waals surface area contributed by atoms with Crippen molar-refractivity contribution in [1.29, 1.82) is 0 Å². The first kappa shape index (κ1) is 32.0. The van der Waals surface area contributed by atoms with Crippen molar-refractivity contribution in [3.8, 4) is 0 Å². The quantitative estimate of drug-likeness (QED) is 0.185. The van der Waals surface area contributed by atoms with Crippen LogP contribution in [0.4, 0.5) is 0 Å². The summed E-state index contributed by atoms with van der Waals surface area (Å²) < 4.78 is 19.6. The summed E-state index contributed by atoms with van der Waals surface area (Å²) in [6, 6.07) is 8.14. The van der Waals surface area contributed by atoms with Gasteiger partial charge >= 0.3 is 11.9 Å². The largest absolute Gasteiger partial charge is 0.480 e. The van der Waals surface area contributed by atoms with Gasteiger partial charge in [0, 0.05) is 6.42 Å². The Kier molecular flexibility index (Phi) is 12.0. The van der Waals surface area contributed by atoms with Gasteiger partial charge in [-0.05, 0) is 50.0 Å². The zero-order valence-corrected chi connectivity index (χ0v) is 23.0. The molecule has 204 valence electrons. The first-order chi connectivity index (χ1) is 16.6. The highest BCUT2D eigenvalue weighted by Crippen LogP contribution is 2.67. The van der Waals surface area contributed by atoms with Crippen molar-refractivity contribution in [2.45, 2.75) is 89.6 Å². The van der Waals surface area contributed by atoms with Gasteiger partial charge in [0.2, 0.25) is 7.37 Å². The van der Waals surface area contributed by atoms with Gasteiger partial charge in [-0.1, -0.05) is 64.4 Å². The highest BCUT2D eigenvalue weighted by atomic mass is 31.2. The van der Waals surface area contributed by atoms with Crippen LogP contribution in [0.5, 0.6) is 0 Å². The molecule has 4 unspecified atom stereocenters. The van der Waals surface area contributed by atoms with Gasteiger partial charge in [0.15, 0.2) is 5.28 Å².